The van der Waals surface area contributed by atoms with Crippen molar-refractivity contribution in [3.63, 3.8) is 0 Å². The molecule has 0 saturated heterocycles. The number of hydrogen-bond donors (Lipinski definition) is 1. The van der Waals surface area contributed by atoms with Crippen molar-refractivity contribution < 1.29 is 9.53 Å². The van der Waals surface area contributed by atoms with E-state index >= 15 is 0 Å². The lowest BCUT2D eigenvalue weighted by Crippen LogP contribution is -2.08. The molecule has 1 aromatic carbocycles. The molecule has 0 bridgehead atoms. The van der Waals surface area contributed by atoms with Crippen molar-refractivity contribution in [2.24, 2.45) is 0 Å². The third-order valence-corrected chi connectivity index (χ3v) is 4.10. The number of aromatic nitrogens is 2. The quantitative estimate of drug-likeness (QED) is 0.596. The van der Waals surface area contributed by atoms with Gasteiger partial charge in [0.2, 0.25) is 0 Å². The molecule has 0 amide bonds. The van der Waals surface area contributed by atoms with Gasteiger partial charge in [-0.15, -0.1) is 11.3 Å². The van der Waals surface area contributed by atoms with Gasteiger partial charge in [-0.2, -0.15) is 0 Å². The van der Waals surface area contributed by atoms with Crippen LogP contribution in [0.15, 0.2) is 29.9 Å². The summed E-state index contributed by atoms with van der Waals surface area (Å²) < 4.78 is 7.23. The number of nitrogen functional groups attached to an aromatic ring is 1. The maximum atomic E-state index is 12.1. The Bertz CT molecular complexity index is 791. The van der Waals surface area contributed by atoms with E-state index in [0.717, 1.165) is 21.8 Å². The molecule has 0 atom stereocenters. The van der Waals surface area contributed by atoms with E-state index in [1.165, 1.54) is 11.3 Å². The largest absolute Gasteiger partial charge is 0.456 e. The minimum atomic E-state index is -0.379. The van der Waals surface area contributed by atoms with E-state index in [1.807, 2.05) is 42.1 Å². The number of rotatable bonds is 3. The highest BCUT2D eigenvalue weighted by Crippen LogP contribution is 2.19. The molecule has 3 rings (SSSR count). The van der Waals surface area contributed by atoms with Crippen LogP contribution in [-0.2, 0) is 11.3 Å². The topological polar surface area (TPSA) is 69.6 Å². The number of imidazole rings is 1. The number of fused-ring (bicyclic) bond motifs is 1. The molecule has 0 fully saturated rings. The number of carbonyl (C=O) groups excluding carboxylic acids is 1. The Morgan fingerprint density at radius 1 is 1.38 bits per heavy atom. The average molecular weight is 301 g/mol. The SMILES string of the molecule is Cc1cc(C)c(C(=O)OCc2cn3ccsc3n2)cc1N. The molecular formula is C15H15N3O2S. The lowest BCUT2D eigenvalue weighted by atomic mass is 10.0. The number of hydrogen-bond acceptors (Lipinski definition) is 5. The molecule has 0 aliphatic carbocycles. The van der Waals surface area contributed by atoms with Crippen molar-refractivity contribution in [1.82, 2.24) is 9.38 Å². The van der Waals surface area contributed by atoms with Gasteiger partial charge in [0.1, 0.15) is 6.61 Å². The van der Waals surface area contributed by atoms with Crippen molar-refractivity contribution in [2.75, 3.05) is 5.73 Å². The molecule has 0 spiro atoms. The average Bonchev–Trinajstić information content (AvgIpc) is 3.01. The molecule has 2 N–H and O–H groups in total. The second-order valence-electron chi connectivity index (χ2n) is 4.92. The number of benzene rings is 1. The number of carbonyl (C=O) groups is 1. The first kappa shape index (κ1) is 13.6. The molecule has 21 heavy (non-hydrogen) atoms. The van der Waals surface area contributed by atoms with Crippen LogP contribution in [0.5, 0.6) is 0 Å². The fraction of sp³-hybridized carbons (Fsp3) is 0.200. The molecule has 108 valence electrons. The van der Waals surface area contributed by atoms with Crippen LogP contribution in [0.3, 0.4) is 0 Å². The van der Waals surface area contributed by atoms with Crippen molar-refractivity contribution >= 4 is 28.0 Å². The Balaban J connectivity index is 1.74. The number of anilines is 1. The van der Waals surface area contributed by atoms with Crippen LogP contribution in [-0.4, -0.2) is 15.4 Å². The van der Waals surface area contributed by atoms with E-state index in [2.05, 4.69) is 4.98 Å². The van der Waals surface area contributed by atoms with E-state index in [-0.39, 0.29) is 12.6 Å². The van der Waals surface area contributed by atoms with Crippen LogP contribution < -0.4 is 5.73 Å². The normalized spacial score (nSPS) is 11.0. The number of ether oxygens (including phenoxy) is 1. The lowest BCUT2D eigenvalue weighted by Gasteiger charge is -2.09. The number of nitrogens with two attached hydrogens (primary N) is 1. The van der Waals surface area contributed by atoms with Crippen LogP contribution in [0.1, 0.15) is 27.2 Å². The number of thiazole rings is 1. The van der Waals surface area contributed by atoms with E-state index in [0.29, 0.717) is 11.3 Å². The number of aryl methyl sites for hydroxylation is 2. The van der Waals surface area contributed by atoms with E-state index < -0.39 is 0 Å². The predicted molar refractivity (Wildman–Crippen MR) is 82.5 cm³/mol. The molecule has 2 aromatic heterocycles. The molecule has 2 heterocycles. The van der Waals surface area contributed by atoms with Gasteiger partial charge in [-0.25, -0.2) is 9.78 Å². The first-order chi connectivity index (χ1) is 10.0. The fourth-order valence-corrected chi connectivity index (χ4v) is 2.87. The zero-order valence-electron chi connectivity index (χ0n) is 11.8. The molecule has 5 nitrogen and oxygen atoms in total. The van der Waals surface area contributed by atoms with Crippen LogP contribution in [0.25, 0.3) is 4.96 Å². The Kier molecular flexibility index (Phi) is 3.39. The van der Waals surface area contributed by atoms with Gasteiger partial charge in [-0.3, -0.25) is 4.40 Å². The van der Waals surface area contributed by atoms with Crippen LogP contribution in [0.4, 0.5) is 5.69 Å². The summed E-state index contributed by atoms with van der Waals surface area (Å²) in [7, 11) is 0. The molecule has 0 radical (unpaired) electrons. The van der Waals surface area contributed by atoms with Crippen molar-refractivity contribution in [1.29, 1.82) is 0 Å². The van der Waals surface area contributed by atoms with Gasteiger partial charge in [0.25, 0.3) is 0 Å². The minimum Gasteiger partial charge on any atom is -0.456 e. The van der Waals surface area contributed by atoms with Gasteiger partial charge in [0.05, 0.1) is 11.3 Å². The predicted octanol–water partition coefficient (Wildman–Crippen LogP) is 2.95. The summed E-state index contributed by atoms with van der Waals surface area (Å²) in [4.78, 5) is 17.4. The van der Waals surface area contributed by atoms with Gasteiger partial charge < -0.3 is 10.5 Å². The maximum Gasteiger partial charge on any atom is 0.338 e. The zero-order chi connectivity index (χ0) is 15.0. The Morgan fingerprint density at radius 2 is 2.19 bits per heavy atom. The summed E-state index contributed by atoms with van der Waals surface area (Å²) in [5.41, 5.74) is 9.49. The van der Waals surface area contributed by atoms with Gasteiger partial charge in [0.15, 0.2) is 4.96 Å². The molecule has 0 aliphatic rings. The number of esters is 1. The van der Waals surface area contributed by atoms with Crippen LogP contribution >= 0.6 is 11.3 Å². The maximum absolute atomic E-state index is 12.1. The lowest BCUT2D eigenvalue weighted by molar-refractivity contribution is 0.0467. The highest BCUT2D eigenvalue weighted by atomic mass is 32.1. The summed E-state index contributed by atoms with van der Waals surface area (Å²) in [6.45, 7) is 3.94. The van der Waals surface area contributed by atoms with Crippen LogP contribution in [0.2, 0.25) is 0 Å². The van der Waals surface area contributed by atoms with Crippen LogP contribution in [0, 0.1) is 13.8 Å². The first-order valence-electron chi connectivity index (χ1n) is 6.49. The molecule has 0 saturated carbocycles. The van der Waals surface area contributed by atoms with E-state index in [1.54, 1.807) is 6.07 Å². The van der Waals surface area contributed by atoms with Crippen molar-refractivity contribution in [3.05, 3.63) is 52.3 Å². The second kappa shape index (κ2) is 5.21. The molecule has 3 aromatic rings. The third-order valence-electron chi connectivity index (χ3n) is 3.33. The molecular weight excluding hydrogens is 286 g/mol. The van der Waals surface area contributed by atoms with Gasteiger partial charge in [0, 0.05) is 23.5 Å². The van der Waals surface area contributed by atoms with E-state index in [9.17, 15) is 4.79 Å². The van der Waals surface area contributed by atoms with Crippen molar-refractivity contribution in [3.8, 4) is 0 Å². The van der Waals surface area contributed by atoms with Crippen molar-refractivity contribution in [2.45, 2.75) is 20.5 Å². The monoisotopic (exact) mass is 301 g/mol. The Hall–Kier alpha value is -2.34. The van der Waals surface area contributed by atoms with Gasteiger partial charge in [-0.1, -0.05) is 6.07 Å². The Morgan fingerprint density at radius 3 is 2.95 bits per heavy atom. The standard InChI is InChI=1S/C15H15N3O2S/c1-9-5-10(2)13(16)6-12(9)14(19)20-8-11-7-18-3-4-21-15(18)17-11/h3-7H,8,16H2,1-2H3. The van der Waals surface area contributed by atoms with Gasteiger partial charge >= 0.3 is 5.97 Å². The molecule has 6 heteroatoms. The minimum absolute atomic E-state index is 0.153. The summed E-state index contributed by atoms with van der Waals surface area (Å²) >= 11 is 1.54. The highest BCUT2D eigenvalue weighted by Gasteiger charge is 2.13. The summed E-state index contributed by atoms with van der Waals surface area (Å²) in [6, 6.07) is 3.55. The van der Waals surface area contributed by atoms with Gasteiger partial charge in [-0.05, 0) is 31.0 Å². The second-order valence-corrected chi connectivity index (χ2v) is 5.80. The molecule has 0 aliphatic heterocycles. The zero-order valence-corrected chi connectivity index (χ0v) is 12.6. The summed E-state index contributed by atoms with van der Waals surface area (Å²) in [5.74, 6) is -0.379. The Labute approximate surface area is 126 Å². The fourth-order valence-electron chi connectivity index (χ4n) is 2.15. The number of nitrogens with zero attached hydrogens (tertiary/aromatic N) is 2. The highest BCUT2D eigenvalue weighted by molar-refractivity contribution is 7.15. The first-order valence-corrected chi connectivity index (χ1v) is 7.37. The van der Waals surface area contributed by atoms with E-state index in [4.69, 9.17) is 10.5 Å². The third kappa shape index (κ3) is 2.62. The summed E-state index contributed by atoms with van der Waals surface area (Å²) in [6.07, 6.45) is 3.78. The molecule has 0 unspecified atom stereocenters. The smallest absolute Gasteiger partial charge is 0.338 e. The summed E-state index contributed by atoms with van der Waals surface area (Å²) in [5, 5.41) is 1.95.